The van der Waals surface area contributed by atoms with Crippen LogP contribution in [0.1, 0.15) is 182 Å². The summed E-state index contributed by atoms with van der Waals surface area (Å²) in [6.07, 6.45) is 20.0. The zero-order valence-corrected chi connectivity index (χ0v) is 32.3. The van der Waals surface area contributed by atoms with Gasteiger partial charge in [-0.15, -0.1) is 0 Å². The van der Waals surface area contributed by atoms with Crippen LogP contribution in [0.15, 0.2) is 36.4 Å². The second-order valence-corrected chi connectivity index (χ2v) is 14.3. The van der Waals surface area contributed by atoms with Gasteiger partial charge in [-0.05, 0) is 62.3 Å². The molecule has 0 aromatic heterocycles. The van der Waals surface area contributed by atoms with Crippen molar-refractivity contribution in [3.05, 3.63) is 58.7 Å². The Morgan fingerprint density at radius 2 is 0.846 bits per heavy atom. The number of unbranched alkanes of at least 4 members (excludes halogenated alkanes) is 15. The second-order valence-electron chi connectivity index (χ2n) is 14.3. The number of hydrogen-bond acceptors (Lipinski definition) is 6. The molecule has 0 spiro atoms. The van der Waals surface area contributed by atoms with E-state index in [0.717, 1.165) is 83.5 Å². The minimum Gasteiger partial charge on any atom is -0.507 e. The van der Waals surface area contributed by atoms with E-state index in [1.54, 1.807) is 24.3 Å². The molecule has 0 saturated carbocycles. The summed E-state index contributed by atoms with van der Waals surface area (Å²) in [5.74, 6) is -3.24. The minimum atomic E-state index is -1.66. The fourth-order valence-corrected chi connectivity index (χ4v) is 6.52. The Labute approximate surface area is 312 Å². The highest BCUT2D eigenvalue weighted by Gasteiger charge is 2.41. The lowest BCUT2D eigenvalue weighted by Crippen LogP contribution is -2.57. The van der Waals surface area contributed by atoms with Crippen molar-refractivity contribution >= 4 is 23.6 Å². The lowest BCUT2D eigenvalue weighted by Gasteiger charge is -2.27. The van der Waals surface area contributed by atoms with Gasteiger partial charge < -0.3 is 10.2 Å². The van der Waals surface area contributed by atoms with Crippen LogP contribution in [0.25, 0.3) is 0 Å². The number of carbonyl (C=O) groups excluding carboxylic acids is 4. The van der Waals surface area contributed by atoms with E-state index in [4.69, 9.17) is 0 Å². The van der Waals surface area contributed by atoms with E-state index in [1.807, 2.05) is 0 Å². The fourth-order valence-electron chi connectivity index (χ4n) is 6.52. The number of amides is 4. The Balaban J connectivity index is 2.13. The van der Waals surface area contributed by atoms with Gasteiger partial charge in [0.15, 0.2) is 0 Å². The molecule has 0 saturated heterocycles. The standard InChI is InChI=1S/C42H66N4O6/c1-5-8-11-14-17-20-25-32-27-23-29-34(47)36(32)38(49)43-45-40(51)42(4,31-22-19-16-13-10-7-3)41(52)46-44-39(50)37-33(28-24-30-35(37)48)26-21-18-15-12-9-6-2/h23-24,27-30,47-48H,5-22,25-26,31H2,1-4H3,(H,43,49)(H,44,50)(H,45,51)(H,46,52). The Morgan fingerprint density at radius 3 is 1.23 bits per heavy atom. The van der Waals surface area contributed by atoms with Gasteiger partial charge >= 0.3 is 0 Å². The summed E-state index contributed by atoms with van der Waals surface area (Å²) in [4.78, 5) is 54.1. The lowest BCUT2D eigenvalue weighted by molar-refractivity contribution is -0.144. The third-order valence-electron chi connectivity index (χ3n) is 9.92. The van der Waals surface area contributed by atoms with Crippen LogP contribution in [0, 0.1) is 5.41 Å². The highest BCUT2D eigenvalue weighted by atomic mass is 16.3. The van der Waals surface area contributed by atoms with Gasteiger partial charge in [0.1, 0.15) is 16.9 Å². The Morgan fingerprint density at radius 1 is 0.500 bits per heavy atom. The van der Waals surface area contributed by atoms with E-state index in [2.05, 4.69) is 42.5 Å². The summed E-state index contributed by atoms with van der Waals surface area (Å²) in [5, 5.41) is 21.2. The number of nitrogens with one attached hydrogen (secondary N) is 4. The van der Waals surface area contributed by atoms with E-state index >= 15 is 0 Å². The maximum atomic E-state index is 13.7. The molecule has 0 fully saturated rings. The monoisotopic (exact) mass is 722 g/mol. The van der Waals surface area contributed by atoms with Gasteiger partial charge in [-0.2, -0.15) is 0 Å². The topological polar surface area (TPSA) is 157 Å². The molecular formula is C42H66N4O6. The van der Waals surface area contributed by atoms with Crippen molar-refractivity contribution in [2.45, 2.75) is 163 Å². The molecule has 2 aromatic rings. The number of benzene rings is 2. The quantitative estimate of drug-likeness (QED) is 0.0342. The van der Waals surface area contributed by atoms with Crippen LogP contribution >= 0.6 is 0 Å². The molecule has 52 heavy (non-hydrogen) atoms. The summed E-state index contributed by atoms with van der Waals surface area (Å²) >= 11 is 0. The highest BCUT2D eigenvalue weighted by Crippen LogP contribution is 2.28. The van der Waals surface area contributed by atoms with Gasteiger partial charge in [-0.1, -0.05) is 148 Å². The maximum Gasteiger partial charge on any atom is 0.273 e. The second kappa shape index (κ2) is 25.0. The van der Waals surface area contributed by atoms with Crippen LogP contribution in [0.3, 0.4) is 0 Å². The normalized spacial score (nSPS) is 11.2. The van der Waals surface area contributed by atoms with Crippen LogP contribution in [0.5, 0.6) is 11.5 Å². The minimum absolute atomic E-state index is 0.0881. The predicted molar refractivity (Wildman–Crippen MR) is 208 cm³/mol. The molecule has 10 heteroatoms. The van der Waals surface area contributed by atoms with Crippen molar-refractivity contribution < 1.29 is 29.4 Å². The molecule has 10 nitrogen and oxygen atoms in total. The summed E-state index contributed by atoms with van der Waals surface area (Å²) in [7, 11) is 0. The average molecular weight is 723 g/mol. The summed E-state index contributed by atoms with van der Waals surface area (Å²) in [6.45, 7) is 7.95. The Hall–Kier alpha value is -4.08. The first-order chi connectivity index (χ1) is 25.1. The maximum absolute atomic E-state index is 13.7. The third-order valence-corrected chi connectivity index (χ3v) is 9.92. The molecule has 0 heterocycles. The average Bonchev–Trinajstić information content (AvgIpc) is 3.13. The molecule has 0 aliphatic heterocycles. The van der Waals surface area contributed by atoms with Gasteiger partial charge in [0, 0.05) is 0 Å². The molecule has 0 aliphatic carbocycles. The van der Waals surface area contributed by atoms with Crippen molar-refractivity contribution in [1.82, 2.24) is 21.7 Å². The largest absolute Gasteiger partial charge is 0.507 e. The van der Waals surface area contributed by atoms with Crippen LogP contribution in [-0.2, 0) is 22.4 Å². The van der Waals surface area contributed by atoms with Crippen molar-refractivity contribution in [3.63, 3.8) is 0 Å². The van der Waals surface area contributed by atoms with Crippen LogP contribution in [-0.4, -0.2) is 33.8 Å². The molecule has 0 unspecified atom stereocenters. The number of aryl methyl sites for hydroxylation is 2. The van der Waals surface area contributed by atoms with Crippen molar-refractivity contribution in [2.75, 3.05) is 0 Å². The predicted octanol–water partition coefficient (Wildman–Crippen LogP) is 8.88. The fraction of sp³-hybridized carbons (Fsp3) is 0.619. The van der Waals surface area contributed by atoms with E-state index in [9.17, 15) is 29.4 Å². The lowest BCUT2D eigenvalue weighted by atomic mass is 9.82. The molecule has 290 valence electrons. The first-order valence-corrected chi connectivity index (χ1v) is 19.9. The SMILES string of the molecule is CCCCCCCCc1cccc(O)c1C(=O)NNC(=O)C(C)(CCCCCCCC)C(=O)NNC(=O)c1c(O)cccc1CCCCCCCC. The molecular weight excluding hydrogens is 656 g/mol. The molecule has 6 N–H and O–H groups in total. The van der Waals surface area contributed by atoms with Crippen molar-refractivity contribution in [2.24, 2.45) is 5.41 Å². The number of phenolic OH excluding ortho intramolecular Hbond substituents is 2. The number of carbonyl (C=O) groups is 4. The molecule has 2 rings (SSSR count). The van der Waals surface area contributed by atoms with Crippen LogP contribution in [0.2, 0.25) is 0 Å². The smallest absolute Gasteiger partial charge is 0.273 e. The van der Waals surface area contributed by atoms with E-state index < -0.39 is 29.0 Å². The first kappa shape index (κ1) is 44.1. The van der Waals surface area contributed by atoms with Crippen LogP contribution < -0.4 is 21.7 Å². The van der Waals surface area contributed by atoms with Gasteiger partial charge in [-0.25, -0.2) is 0 Å². The van der Waals surface area contributed by atoms with Gasteiger partial charge in [-0.3, -0.25) is 40.9 Å². The van der Waals surface area contributed by atoms with Gasteiger partial charge in [0.2, 0.25) is 0 Å². The van der Waals surface area contributed by atoms with E-state index in [1.165, 1.54) is 44.7 Å². The highest BCUT2D eigenvalue weighted by molar-refractivity contribution is 6.07. The molecule has 0 aliphatic rings. The van der Waals surface area contributed by atoms with E-state index in [-0.39, 0.29) is 29.0 Å². The van der Waals surface area contributed by atoms with Gasteiger partial charge in [0.25, 0.3) is 23.6 Å². The first-order valence-electron chi connectivity index (χ1n) is 19.9. The zero-order valence-electron chi connectivity index (χ0n) is 32.3. The molecule has 0 bridgehead atoms. The number of hydrazine groups is 2. The number of phenols is 2. The number of aromatic hydroxyl groups is 2. The number of rotatable bonds is 25. The summed E-state index contributed by atoms with van der Waals surface area (Å²) in [5.41, 5.74) is 9.56. The number of hydrogen-bond donors (Lipinski definition) is 6. The van der Waals surface area contributed by atoms with Crippen molar-refractivity contribution in [1.29, 1.82) is 0 Å². The van der Waals surface area contributed by atoms with Crippen LogP contribution in [0.4, 0.5) is 0 Å². The summed E-state index contributed by atoms with van der Waals surface area (Å²) < 4.78 is 0. The Kier molecular flexibility index (Phi) is 21.2. The molecule has 4 amide bonds. The molecule has 0 atom stereocenters. The van der Waals surface area contributed by atoms with Gasteiger partial charge in [0.05, 0.1) is 11.1 Å². The zero-order chi connectivity index (χ0) is 38.2. The third kappa shape index (κ3) is 14.9. The van der Waals surface area contributed by atoms with E-state index in [0.29, 0.717) is 30.4 Å². The summed E-state index contributed by atoms with van der Waals surface area (Å²) in [6, 6.07) is 9.85. The molecule has 2 aromatic carbocycles. The Bertz CT molecular complexity index is 1300. The van der Waals surface area contributed by atoms with Crippen molar-refractivity contribution in [3.8, 4) is 11.5 Å². The molecule has 0 radical (unpaired) electrons.